The van der Waals surface area contributed by atoms with Crippen molar-refractivity contribution in [3.63, 3.8) is 0 Å². The van der Waals surface area contributed by atoms with Crippen LogP contribution in [0.5, 0.6) is 0 Å². The van der Waals surface area contributed by atoms with Gasteiger partial charge in [0.2, 0.25) is 0 Å². The van der Waals surface area contributed by atoms with E-state index >= 15 is 0 Å². The third-order valence-electron chi connectivity index (χ3n) is 2.07. The van der Waals surface area contributed by atoms with Crippen LogP contribution in [0.3, 0.4) is 0 Å². The molecule has 0 spiro atoms. The predicted octanol–water partition coefficient (Wildman–Crippen LogP) is -1.34. The van der Waals surface area contributed by atoms with E-state index in [4.69, 9.17) is 5.73 Å². The molecule has 2 aromatic rings. The minimum Gasteiger partial charge on any atom is -0.691 e. The molecule has 0 aliphatic heterocycles. The van der Waals surface area contributed by atoms with Crippen molar-refractivity contribution in [2.45, 2.75) is 4.90 Å². The topological polar surface area (TPSA) is 67.5 Å². The average molecular weight is 245 g/mol. The van der Waals surface area contributed by atoms with Crippen LogP contribution in [0.4, 0.5) is 5.69 Å². The Bertz CT molecular complexity index is 481. The van der Waals surface area contributed by atoms with E-state index in [0.717, 1.165) is 27.7 Å². The predicted molar refractivity (Wildman–Crippen MR) is 56.4 cm³/mol. The van der Waals surface area contributed by atoms with Gasteiger partial charge in [0.1, 0.15) is 0 Å². The third kappa shape index (κ3) is 2.89. The second-order valence-corrected chi connectivity index (χ2v) is 3.66. The molecule has 0 aliphatic carbocycles. The van der Waals surface area contributed by atoms with Gasteiger partial charge in [0, 0.05) is 16.0 Å². The van der Waals surface area contributed by atoms with E-state index in [9.17, 15) is 5.26 Å². The SMILES string of the molecule is Nc1ccc(SOO[O-])c2ccccc12.[Na+]. The largest absolute Gasteiger partial charge is 1.00 e. The Labute approximate surface area is 119 Å². The van der Waals surface area contributed by atoms with Crippen LogP contribution in [0, 0.1) is 0 Å². The summed E-state index contributed by atoms with van der Waals surface area (Å²) < 4.78 is 4.29. The van der Waals surface area contributed by atoms with E-state index in [1.807, 2.05) is 24.3 Å². The van der Waals surface area contributed by atoms with Crippen LogP contribution in [0.25, 0.3) is 10.8 Å². The molecule has 0 aromatic heterocycles. The molecule has 0 radical (unpaired) electrons. The number of nitrogens with two attached hydrogens (primary N) is 1. The first-order valence-corrected chi connectivity index (χ1v) is 4.97. The molecule has 4 nitrogen and oxygen atoms in total. The Hall–Kier alpha value is -0.270. The maximum atomic E-state index is 9.74. The number of benzene rings is 2. The minimum atomic E-state index is 0. The summed E-state index contributed by atoms with van der Waals surface area (Å²) in [7, 11) is 0. The molecule has 0 amide bonds. The zero-order valence-corrected chi connectivity index (χ0v) is 11.5. The van der Waals surface area contributed by atoms with E-state index in [1.165, 1.54) is 0 Å². The summed E-state index contributed by atoms with van der Waals surface area (Å²) in [6, 6.07) is 11.1. The van der Waals surface area contributed by atoms with Crippen LogP contribution in [0.15, 0.2) is 41.3 Å². The fraction of sp³-hybridized carbons (Fsp3) is 0. The summed E-state index contributed by atoms with van der Waals surface area (Å²) in [5.74, 6) is 0. The molecule has 0 heterocycles. The fourth-order valence-corrected chi connectivity index (χ4v) is 1.91. The molecule has 2 aromatic carbocycles. The van der Waals surface area contributed by atoms with Gasteiger partial charge < -0.3 is 11.0 Å². The van der Waals surface area contributed by atoms with Gasteiger partial charge >= 0.3 is 29.6 Å². The molecule has 0 unspecified atom stereocenters. The Morgan fingerprint density at radius 3 is 2.44 bits per heavy atom. The molecule has 0 aliphatic rings. The van der Waals surface area contributed by atoms with Crippen LogP contribution in [-0.4, -0.2) is 0 Å². The van der Waals surface area contributed by atoms with Crippen molar-refractivity contribution in [3.8, 4) is 0 Å². The van der Waals surface area contributed by atoms with Crippen LogP contribution < -0.4 is 40.5 Å². The first-order valence-electron chi connectivity index (χ1n) is 4.23. The van der Waals surface area contributed by atoms with Crippen LogP contribution >= 0.6 is 12.0 Å². The van der Waals surface area contributed by atoms with Crippen molar-refractivity contribution in [1.29, 1.82) is 0 Å². The number of fused-ring (bicyclic) bond motifs is 1. The van der Waals surface area contributed by atoms with Crippen molar-refractivity contribution >= 4 is 28.5 Å². The molecule has 16 heavy (non-hydrogen) atoms. The number of anilines is 1. The first kappa shape index (κ1) is 13.8. The van der Waals surface area contributed by atoms with Gasteiger partial charge in [0.05, 0.1) is 12.0 Å². The second kappa shape index (κ2) is 6.46. The molecule has 0 saturated heterocycles. The smallest absolute Gasteiger partial charge is 0.691 e. The van der Waals surface area contributed by atoms with Gasteiger partial charge in [0.15, 0.2) is 0 Å². The van der Waals surface area contributed by atoms with E-state index < -0.39 is 0 Å². The van der Waals surface area contributed by atoms with Gasteiger partial charge in [-0.3, -0.25) is 5.04 Å². The van der Waals surface area contributed by atoms with Gasteiger partial charge in [-0.1, -0.05) is 24.3 Å². The van der Waals surface area contributed by atoms with E-state index in [1.54, 1.807) is 12.1 Å². The zero-order valence-electron chi connectivity index (χ0n) is 8.67. The van der Waals surface area contributed by atoms with Crippen molar-refractivity contribution in [1.82, 2.24) is 0 Å². The third-order valence-corrected chi connectivity index (χ3v) is 2.73. The van der Waals surface area contributed by atoms with E-state index in [0.29, 0.717) is 5.69 Å². The molecular formula is C10H8NNaO3S. The molecule has 6 heteroatoms. The molecule has 0 fully saturated rings. The fourth-order valence-electron chi connectivity index (χ4n) is 1.42. The summed E-state index contributed by atoms with van der Waals surface area (Å²) in [6.07, 6.45) is 0. The number of rotatable bonds is 3. The maximum Gasteiger partial charge on any atom is 1.00 e. The standard InChI is InChI=1S/C10H9NO3S.Na/c11-9-5-6-10(15-14-13-12)8-4-2-1-3-7(8)9;/h1-6,12H,11H2;/q;+1/p-1. The van der Waals surface area contributed by atoms with E-state index in [2.05, 4.69) is 9.37 Å². The molecule has 78 valence electrons. The average Bonchev–Trinajstić information content (AvgIpc) is 2.29. The maximum absolute atomic E-state index is 9.74. The van der Waals surface area contributed by atoms with Crippen LogP contribution in [-0.2, 0) is 9.37 Å². The van der Waals surface area contributed by atoms with Crippen molar-refractivity contribution in [2.24, 2.45) is 0 Å². The van der Waals surface area contributed by atoms with Crippen molar-refractivity contribution in [3.05, 3.63) is 36.4 Å². The van der Waals surface area contributed by atoms with Crippen LogP contribution in [0.1, 0.15) is 0 Å². The van der Waals surface area contributed by atoms with E-state index in [-0.39, 0.29) is 29.6 Å². The summed E-state index contributed by atoms with van der Waals surface area (Å²) in [4.78, 5) is 0.788. The minimum absolute atomic E-state index is 0. The molecule has 0 atom stereocenters. The zero-order chi connectivity index (χ0) is 10.7. The van der Waals surface area contributed by atoms with Gasteiger partial charge in [-0.25, -0.2) is 0 Å². The van der Waals surface area contributed by atoms with Crippen LogP contribution in [0.2, 0.25) is 0 Å². The molecule has 0 saturated carbocycles. The summed E-state index contributed by atoms with van der Waals surface area (Å²) in [5.41, 5.74) is 6.50. The molecular weight excluding hydrogens is 237 g/mol. The van der Waals surface area contributed by atoms with Gasteiger partial charge in [-0.05, 0) is 17.5 Å². The quantitative estimate of drug-likeness (QED) is 0.238. The first-order chi connectivity index (χ1) is 7.33. The molecule has 2 N–H and O–H groups in total. The Morgan fingerprint density at radius 1 is 1.06 bits per heavy atom. The molecule has 2 rings (SSSR count). The molecule has 0 bridgehead atoms. The van der Waals surface area contributed by atoms with Gasteiger partial charge in [-0.2, -0.15) is 4.33 Å². The summed E-state index contributed by atoms with van der Waals surface area (Å²) >= 11 is 0.868. The number of hydrogen-bond acceptors (Lipinski definition) is 5. The summed E-state index contributed by atoms with van der Waals surface area (Å²) in [6.45, 7) is 0. The Morgan fingerprint density at radius 2 is 1.75 bits per heavy atom. The Balaban J connectivity index is 0.00000128. The van der Waals surface area contributed by atoms with Crippen molar-refractivity contribution < 1.29 is 44.2 Å². The number of nitrogen functional groups attached to an aromatic ring is 1. The summed E-state index contributed by atoms with van der Waals surface area (Å²) in [5, 5.41) is 14.9. The normalized spacial score (nSPS) is 10.1. The van der Waals surface area contributed by atoms with Crippen molar-refractivity contribution in [2.75, 3.05) is 5.73 Å². The second-order valence-electron chi connectivity index (χ2n) is 2.92. The van der Waals surface area contributed by atoms with Gasteiger partial charge in [-0.15, -0.1) is 0 Å². The van der Waals surface area contributed by atoms with Gasteiger partial charge in [0.25, 0.3) is 0 Å². The monoisotopic (exact) mass is 245 g/mol. The Kier molecular flexibility index (Phi) is 5.57. The number of hydrogen-bond donors (Lipinski definition) is 1.